The van der Waals surface area contributed by atoms with Gasteiger partial charge in [-0.3, -0.25) is 4.79 Å². The minimum absolute atomic E-state index is 0.185. The molecule has 2 nitrogen and oxygen atoms in total. The summed E-state index contributed by atoms with van der Waals surface area (Å²) in [5, 5.41) is 0. The van der Waals surface area contributed by atoms with Gasteiger partial charge in [0.15, 0.2) is 0 Å². The normalized spacial score (nSPS) is 18.0. The van der Waals surface area contributed by atoms with Gasteiger partial charge in [-0.1, -0.05) is 29.8 Å². The van der Waals surface area contributed by atoms with Crippen molar-refractivity contribution in [3.63, 3.8) is 0 Å². The molecule has 1 aliphatic carbocycles. The van der Waals surface area contributed by atoms with Gasteiger partial charge in [-0.05, 0) is 31.7 Å². The van der Waals surface area contributed by atoms with Crippen LogP contribution < -0.4 is 0 Å². The molecule has 2 heteroatoms. The van der Waals surface area contributed by atoms with Crippen molar-refractivity contribution in [3.8, 4) is 0 Å². The van der Waals surface area contributed by atoms with Crippen LogP contribution in [0.3, 0.4) is 0 Å². The monoisotopic (exact) mass is 204 g/mol. The van der Waals surface area contributed by atoms with E-state index in [-0.39, 0.29) is 11.6 Å². The van der Waals surface area contributed by atoms with Crippen molar-refractivity contribution in [3.05, 3.63) is 35.4 Å². The molecule has 1 fully saturated rings. The largest absolute Gasteiger partial charge is 0.454 e. The average molecular weight is 204 g/mol. The highest BCUT2D eigenvalue weighted by molar-refractivity contribution is 5.67. The first-order valence-corrected chi connectivity index (χ1v) is 5.39. The van der Waals surface area contributed by atoms with Gasteiger partial charge in [-0.15, -0.1) is 0 Å². The summed E-state index contributed by atoms with van der Waals surface area (Å²) in [6.45, 7) is 3.54. The van der Waals surface area contributed by atoms with E-state index in [1.807, 2.05) is 0 Å². The Kier molecular flexibility index (Phi) is 2.51. The molecule has 1 aromatic rings. The van der Waals surface area contributed by atoms with Crippen molar-refractivity contribution in [2.24, 2.45) is 0 Å². The molecule has 2 rings (SSSR count). The summed E-state index contributed by atoms with van der Waals surface area (Å²) in [5.41, 5.74) is 2.05. The van der Waals surface area contributed by atoms with E-state index in [2.05, 4.69) is 31.2 Å². The number of ether oxygens (including phenoxy) is 1. The third kappa shape index (κ3) is 1.89. The molecule has 1 aliphatic rings. The Hall–Kier alpha value is -1.31. The van der Waals surface area contributed by atoms with Gasteiger partial charge in [0.05, 0.1) is 0 Å². The fourth-order valence-electron chi connectivity index (χ4n) is 2.08. The van der Waals surface area contributed by atoms with E-state index in [1.54, 1.807) is 0 Å². The maximum atomic E-state index is 11.1. The quantitative estimate of drug-likeness (QED) is 0.692. The lowest BCUT2D eigenvalue weighted by atomic mass is 9.74. The number of hydrogen-bond acceptors (Lipinski definition) is 2. The molecule has 0 unspecified atom stereocenters. The summed E-state index contributed by atoms with van der Waals surface area (Å²) in [6.07, 6.45) is 3.05. The summed E-state index contributed by atoms with van der Waals surface area (Å²) < 4.78 is 5.46. The number of benzene rings is 1. The first-order chi connectivity index (χ1) is 7.12. The highest BCUT2D eigenvalue weighted by Crippen LogP contribution is 2.44. The lowest BCUT2D eigenvalue weighted by Gasteiger charge is -2.41. The molecule has 1 saturated carbocycles. The lowest BCUT2D eigenvalue weighted by Crippen LogP contribution is -2.38. The molecule has 0 aromatic heterocycles. The van der Waals surface area contributed by atoms with Crippen LogP contribution in [0.25, 0.3) is 0 Å². The molecule has 0 aliphatic heterocycles. The predicted molar refractivity (Wildman–Crippen MR) is 58.5 cm³/mol. The third-order valence-corrected chi connectivity index (χ3v) is 3.08. The molecular weight excluding hydrogens is 188 g/mol. The molecular formula is C13H16O2. The summed E-state index contributed by atoms with van der Waals surface area (Å²) >= 11 is 0. The molecule has 0 spiro atoms. The standard InChI is InChI=1S/C13H16O2/c1-10-4-6-12(7-5-10)13(8-3-9-13)15-11(2)14/h4-7H,3,8-9H2,1-2H3. The van der Waals surface area contributed by atoms with Crippen LogP contribution in [-0.2, 0) is 15.1 Å². The van der Waals surface area contributed by atoms with Gasteiger partial charge in [-0.2, -0.15) is 0 Å². The van der Waals surface area contributed by atoms with Crippen molar-refractivity contribution in [2.75, 3.05) is 0 Å². The van der Waals surface area contributed by atoms with Gasteiger partial charge in [0.2, 0.25) is 0 Å². The summed E-state index contributed by atoms with van der Waals surface area (Å²) in [7, 11) is 0. The van der Waals surface area contributed by atoms with E-state index >= 15 is 0 Å². The topological polar surface area (TPSA) is 26.3 Å². The molecule has 0 heterocycles. The Morgan fingerprint density at radius 1 is 1.27 bits per heavy atom. The molecule has 15 heavy (non-hydrogen) atoms. The maximum Gasteiger partial charge on any atom is 0.303 e. The fraction of sp³-hybridized carbons (Fsp3) is 0.462. The minimum atomic E-state index is -0.320. The van der Waals surface area contributed by atoms with Gasteiger partial charge in [0.25, 0.3) is 0 Å². The Labute approximate surface area is 90.3 Å². The SMILES string of the molecule is CC(=O)OC1(c2ccc(C)cc2)CCC1. The van der Waals surface area contributed by atoms with Crippen LogP contribution in [0.5, 0.6) is 0 Å². The first-order valence-electron chi connectivity index (χ1n) is 5.39. The molecule has 0 bridgehead atoms. The molecule has 1 aromatic carbocycles. The number of rotatable bonds is 2. The van der Waals surface area contributed by atoms with Gasteiger partial charge < -0.3 is 4.74 Å². The van der Waals surface area contributed by atoms with E-state index in [0.29, 0.717) is 0 Å². The average Bonchev–Trinajstić information content (AvgIpc) is 2.13. The number of hydrogen-bond donors (Lipinski definition) is 0. The smallest absolute Gasteiger partial charge is 0.303 e. The zero-order valence-electron chi connectivity index (χ0n) is 9.25. The van der Waals surface area contributed by atoms with Gasteiger partial charge >= 0.3 is 5.97 Å². The lowest BCUT2D eigenvalue weighted by molar-refractivity contribution is -0.168. The fourth-order valence-corrected chi connectivity index (χ4v) is 2.08. The minimum Gasteiger partial charge on any atom is -0.454 e. The predicted octanol–water partition coefficient (Wildman–Crippen LogP) is 2.94. The Balaban J connectivity index is 2.26. The van der Waals surface area contributed by atoms with Crippen molar-refractivity contribution in [2.45, 2.75) is 38.7 Å². The first kappa shape index (κ1) is 10.2. The van der Waals surface area contributed by atoms with E-state index in [1.165, 1.54) is 12.5 Å². The molecule has 0 N–H and O–H groups in total. The van der Waals surface area contributed by atoms with E-state index in [4.69, 9.17) is 4.74 Å². The van der Waals surface area contributed by atoms with Gasteiger partial charge in [-0.25, -0.2) is 0 Å². The molecule has 80 valence electrons. The number of esters is 1. The summed E-state index contributed by atoms with van der Waals surface area (Å²) in [6, 6.07) is 8.27. The van der Waals surface area contributed by atoms with Crippen molar-refractivity contribution >= 4 is 5.97 Å². The van der Waals surface area contributed by atoms with Crippen LogP contribution in [-0.4, -0.2) is 5.97 Å². The molecule has 0 saturated heterocycles. The maximum absolute atomic E-state index is 11.1. The van der Waals surface area contributed by atoms with Crippen LogP contribution >= 0.6 is 0 Å². The number of carbonyl (C=O) groups excluding carboxylic acids is 1. The third-order valence-electron chi connectivity index (χ3n) is 3.08. The summed E-state index contributed by atoms with van der Waals surface area (Å²) in [4.78, 5) is 11.1. The Morgan fingerprint density at radius 2 is 1.87 bits per heavy atom. The van der Waals surface area contributed by atoms with E-state index in [0.717, 1.165) is 24.8 Å². The number of carbonyl (C=O) groups is 1. The van der Waals surface area contributed by atoms with Crippen LogP contribution in [0, 0.1) is 6.92 Å². The van der Waals surface area contributed by atoms with Crippen molar-refractivity contribution in [1.29, 1.82) is 0 Å². The second-order valence-electron chi connectivity index (χ2n) is 4.31. The Morgan fingerprint density at radius 3 is 2.27 bits per heavy atom. The van der Waals surface area contributed by atoms with Crippen molar-refractivity contribution in [1.82, 2.24) is 0 Å². The van der Waals surface area contributed by atoms with Crippen LogP contribution in [0.2, 0.25) is 0 Å². The number of aryl methyl sites for hydroxylation is 1. The zero-order chi connectivity index (χ0) is 10.9. The molecule has 0 amide bonds. The van der Waals surface area contributed by atoms with Crippen LogP contribution in [0.1, 0.15) is 37.3 Å². The second kappa shape index (κ2) is 3.69. The van der Waals surface area contributed by atoms with E-state index in [9.17, 15) is 4.79 Å². The van der Waals surface area contributed by atoms with Crippen LogP contribution in [0.4, 0.5) is 0 Å². The Bertz CT molecular complexity index is 361. The molecule has 0 radical (unpaired) electrons. The van der Waals surface area contributed by atoms with E-state index < -0.39 is 0 Å². The van der Waals surface area contributed by atoms with Crippen molar-refractivity contribution < 1.29 is 9.53 Å². The second-order valence-corrected chi connectivity index (χ2v) is 4.31. The van der Waals surface area contributed by atoms with Crippen LogP contribution in [0.15, 0.2) is 24.3 Å². The molecule has 0 atom stereocenters. The highest BCUT2D eigenvalue weighted by Gasteiger charge is 2.41. The van der Waals surface area contributed by atoms with Gasteiger partial charge in [0.1, 0.15) is 5.60 Å². The van der Waals surface area contributed by atoms with Gasteiger partial charge in [0, 0.05) is 6.92 Å². The summed E-state index contributed by atoms with van der Waals surface area (Å²) in [5.74, 6) is -0.185. The highest BCUT2D eigenvalue weighted by atomic mass is 16.6. The zero-order valence-corrected chi connectivity index (χ0v) is 9.25.